The molecule has 3 heteroatoms. The van der Waals surface area contributed by atoms with Gasteiger partial charge in [0.25, 0.3) is 0 Å². The van der Waals surface area contributed by atoms with E-state index in [0.29, 0.717) is 11.6 Å². The smallest absolute Gasteiger partial charge is 0.335 e. The third-order valence-corrected chi connectivity index (χ3v) is 3.50. The minimum atomic E-state index is -0.870. The van der Waals surface area contributed by atoms with Gasteiger partial charge in [0.1, 0.15) is 0 Å². The molecule has 0 bridgehead atoms. The summed E-state index contributed by atoms with van der Waals surface area (Å²) >= 11 is 0. The Morgan fingerprint density at radius 2 is 2.00 bits per heavy atom. The van der Waals surface area contributed by atoms with E-state index in [1.54, 1.807) is 18.2 Å². The number of hydrogen-bond acceptors (Lipinski definition) is 2. The van der Waals surface area contributed by atoms with Crippen LogP contribution in [-0.4, -0.2) is 17.1 Å². The Morgan fingerprint density at radius 1 is 1.29 bits per heavy atom. The van der Waals surface area contributed by atoms with Gasteiger partial charge >= 0.3 is 5.97 Å². The number of aromatic carboxylic acids is 1. The molecule has 0 saturated heterocycles. The van der Waals surface area contributed by atoms with Crippen LogP contribution in [0.4, 0.5) is 5.69 Å². The topological polar surface area (TPSA) is 49.3 Å². The van der Waals surface area contributed by atoms with Crippen molar-refractivity contribution in [3.05, 3.63) is 29.8 Å². The molecule has 2 N–H and O–H groups in total. The summed E-state index contributed by atoms with van der Waals surface area (Å²) in [5, 5.41) is 12.4. The minimum Gasteiger partial charge on any atom is -0.478 e. The average Bonchev–Trinajstić information content (AvgIpc) is 2.32. The Morgan fingerprint density at radius 3 is 2.65 bits per heavy atom. The maximum absolute atomic E-state index is 10.9. The van der Waals surface area contributed by atoms with Gasteiger partial charge in [-0.1, -0.05) is 13.0 Å². The number of hydrogen-bond donors (Lipinski definition) is 2. The zero-order valence-corrected chi connectivity index (χ0v) is 10.1. The fraction of sp³-hybridized carbons (Fsp3) is 0.500. The van der Waals surface area contributed by atoms with E-state index in [-0.39, 0.29) is 0 Å². The summed E-state index contributed by atoms with van der Waals surface area (Å²) < 4.78 is 0. The molecule has 0 unspecified atom stereocenters. The second kappa shape index (κ2) is 5.21. The Balaban J connectivity index is 1.98. The summed E-state index contributed by atoms with van der Waals surface area (Å²) in [5.41, 5.74) is 1.27. The normalized spacial score (nSPS) is 24.3. The van der Waals surface area contributed by atoms with Crippen LogP contribution in [0, 0.1) is 5.92 Å². The number of nitrogens with one attached hydrogen (secondary N) is 1. The predicted octanol–water partition coefficient (Wildman–Crippen LogP) is 3.38. The van der Waals surface area contributed by atoms with Crippen LogP contribution in [0.5, 0.6) is 0 Å². The lowest BCUT2D eigenvalue weighted by atomic mass is 9.87. The van der Waals surface area contributed by atoms with Crippen molar-refractivity contribution in [1.82, 2.24) is 0 Å². The molecule has 1 saturated carbocycles. The lowest BCUT2D eigenvalue weighted by molar-refractivity contribution is 0.0697. The summed E-state index contributed by atoms with van der Waals surface area (Å²) in [7, 11) is 0. The molecule has 0 heterocycles. The van der Waals surface area contributed by atoms with Crippen molar-refractivity contribution in [2.75, 3.05) is 5.32 Å². The van der Waals surface area contributed by atoms with Gasteiger partial charge in [-0.05, 0) is 49.8 Å². The molecule has 1 aliphatic rings. The van der Waals surface area contributed by atoms with E-state index in [0.717, 1.165) is 11.6 Å². The molecule has 2 rings (SSSR count). The fourth-order valence-corrected chi connectivity index (χ4v) is 2.38. The van der Waals surface area contributed by atoms with Gasteiger partial charge in [-0.15, -0.1) is 0 Å². The molecule has 1 fully saturated rings. The van der Waals surface area contributed by atoms with Crippen LogP contribution in [0.15, 0.2) is 24.3 Å². The molecule has 0 spiro atoms. The van der Waals surface area contributed by atoms with Crippen molar-refractivity contribution in [3.8, 4) is 0 Å². The SMILES string of the molecule is CC1CCC(Nc2cccc(C(=O)O)c2)CC1. The second-order valence-electron chi connectivity index (χ2n) is 4.99. The van der Waals surface area contributed by atoms with Crippen LogP contribution >= 0.6 is 0 Å². The Bertz CT molecular complexity index is 395. The molecular formula is C14H19NO2. The molecule has 92 valence electrons. The number of carboxylic acid groups (broad SMARTS) is 1. The van der Waals surface area contributed by atoms with Crippen LogP contribution in [0.2, 0.25) is 0 Å². The second-order valence-corrected chi connectivity index (χ2v) is 4.99. The lowest BCUT2D eigenvalue weighted by Gasteiger charge is -2.27. The van der Waals surface area contributed by atoms with Crippen molar-refractivity contribution in [2.45, 2.75) is 38.6 Å². The predicted molar refractivity (Wildman–Crippen MR) is 68.4 cm³/mol. The molecule has 1 aromatic rings. The monoisotopic (exact) mass is 233 g/mol. The summed E-state index contributed by atoms with van der Waals surface area (Å²) in [6, 6.07) is 7.55. The number of carbonyl (C=O) groups is 1. The first-order valence-electron chi connectivity index (χ1n) is 6.25. The average molecular weight is 233 g/mol. The van der Waals surface area contributed by atoms with E-state index in [4.69, 9.17) is 5.11 Å². The molecule has 0 aromatic heterocycles. The standard InChI is InChI=1S/C14H19NO2/c1-10-5-7-12(8-6-10)15-13-4-2-3-11(9-13)14(16)17/h2-4,9-10,12,15H,5-8H2,1H3,(H,16,17). The first-order chi connectivity index (χ1) is 8.15. The molecule has 3 nitrogen and oxygen atoms in total. The molecule has 0 radical (unpaired) electrons. The first-order valence-corrected chi connectivity index (χ1v) is 6.25. The van der Waals surface area contributed by atoms with Crippen molar-refractivity contribution >= 4 is 11.7 Å². The van der Waals surface area contributed by atoms with Crippen LogP contribution in [0.3, 0.4) is 0 Å². The highest BCUT2D eigenvalue weighted by Gasteiger charge is 2.17. The zero-order chi connectivity index (χ0) is 12.3. The molecular weight excluding hydrogens is 214 g/mol. The molecule has 1 aromatic carbocycles. The highest BCUT2D eigenvalue weighted by atomic mass is 16.4. The molecule has 0 aliphatic heterocycles. The number of benzene rings is 1. The largest absolute Gasteiger partial charge is 0.478 e. The van der Waals surface area contributed by atoms with Crippen molar-refractivity contribution in [1.29, 1.82) is 0 Å². The quantitative estimate of drug-likeness (QED) is 0.841. The third-order valence-electron chi connectivity index (χ3n) is 3.50. The van der Waals surface area contributed by atoms with Crippen molar-refractivity contribution in [3.63, 3.8) is 0 Å². The number of carboxylic acids is 1. The van der Waals surface area contributed by atoms with Gasteiger partial charge in [0.2, 0.25) is 0 Å². The zero-order valence-electron chi connectivity index (χ0n) is 10.1. The summed E-state index contributed by atoms with van der Waals surface area (Å²) in [6.07, 6.45) is 4.88. The number of rotatable bonds is 3. The maximum atomic E-state index is 10.9. The third kappa shape index (κ3) is 3.22. The Kier molecular flexibility index (Phi) is 3.67. The van der Waals surface area contributed by atoms with Gasteiger partial charge in [-0.3, -0.25) is 0 Å². The summed E-state index contributed by atoms with van der Waals surface area (Å²) in [4.78, 5) is 10.9. The Hall–Kier alpha value is -1.51. The molecule has 17 heavy (non-hydrogen) atoms. The van der Waals surface area contributed by atoms with E-state index in [2.05, 4.69) is 12.2 Å². The molecule has 1 aliphatic carbocycles. The first kappa shape index (κ1) is 12.0. The van der Waals surface area contributed by atoms with Crippen LogP contribution in [0.25, 0.3) is 0 Å². The van der Waals surface area contributed by atoms with E-state index >= 15 is 0 Å². The van der Waals surface area contributed by atoms with Gasteiger partial charge in [0, 0.05) is 11.7 Å². The lowest BCUT2D eigenvalue weighted by Crippen LogP contribution is -2.25. The van der Waals surface area contributed by atoms with Crippen LogP contribution < -0.4 is 5.32 Å². The highest BCUT2D eigenvalue weighted by Crippen LogP contribution is 2.26. The van der Waals surface area contributed by atoms with E-state index in [1.807, 2.05) is 6.07 Å². The number of anilines is 1. The van der Waals surface area contributed by atoms with E-state index in [9.17, 15) is 4.79 Å². The van der Waals surface area contributed by atoms with Gasteiger partial charge in [-0.2, -0.15) is 0 Å². The Labute approximate surface area is 102 Å². The van der Waals surface area contributed by atoms with Gasteiger partial charge in [0.05, 0.1) is 5.56 Å². The van der Waals surface area contributed by atoms with E-state index in [1.165, 1.54) is 25.7 Å². The summed E-state index contributed by atoms with van der Waals surface area (Å²) in [5.74, 6) is -0.0377. The van der Waals surface area contributed by atoms with Gasteiger partial charge in [0.15, 0.2) is 0 Å². The maximum Gasteiger partial charge on any atom is 0.335 e. The van der Waals surface area contributed by atoms with Crippen molar-refractivity contribution in [2.24, 2.45) is 5.92 Å². The minimum absolute atomic E-state index is 0.346. The fourth-order valence-electron chi connectivity index (χ4n) is 2.38. The highest BCUT2D eigenvalue weighted by molar-refractivity contribution is 5.88. The van der Waals surface area contributed by atoms with Crippen molar-refractivity contribution < 1.29 is 9.90 Å². The van der Waals surface area contributed by atoms with Crippen LogP contribution in [0.1, 0.15) is 43.0 Å². The molecule has 0 amide bonds. The molecule has 0 atom stereocenters. The van der Waals surface area contributed by atoms with Crippen LogP contribution in [-0.2, 0) is 0 Å². The summed E-state index contributed by atoms with van der Waals surface area (Å²) in [6.45, 7) is 2.29. The van der Waals surface area contributed by atoms with Gasteiger partial charge < -0.3 is 10.4 Å². The van der Waals surface area contributed by atoms with E-state index < -0.39 is 5.97 Å². The van der Waals surface area contributed by atoms with Gasteiger partial charge in [-0.25, -0.2) is 4.79 Å².